The molecule has 0 fully saturated rings. The molecule has 4 nitrogen and oxygen atoms in total. The van der Waals surface area contributed by atoms with Crippen LogP contribution >= 0.6 is 0 Å². The van der Waals surface area contributed by atoms with Gasteiger partial charge in [0.1, 0.15) is 5.82 Å². The van der Waals surface area contributed by atoms with Crippen LogP contribution in [0.4, 0.5) is 4.39 Å². The Morgan fingerprint density at radius 1 is 1.14 bits per heavy atom. The molecule has 0 saturated heterocycles. The Balaban J connectivity index is 1.95. The molecule has 2 aromatic rings. The van der Waals surface area contributed by atoms with Crippen LogP contribution in [-0.2, 0) is 9.53 Å². The van der Waals surface area contributed by atoms with E-state index in [0.717, 1.165) is 5.56 Å². The highest BCUT2D eigenvalue weighted by atomic mass is 19.1. The SMILES string of the molecule is COC(C(=O)NCC(O)c1ccc(F)cc1)c1ccccc1. The molecule has 5 heteroatoms. The highest BCUT2D eigenvalue weighted by Gasteiger charge is 2.20. The van der Waals surface area contributed by atoms with Crippen molar-refractivity contribution in [1.29, 1.82) is 0 Å². The van der Waals surface area contributed by atoms with Gasteiger partial charge in [-0.15, -0.1) is 0 Å². The molecule has 0 heterocycles. The van der Waals surface area contributed by atoms with Gasteiger partial charge in [-0.2, -0.15) is 0 Å². The molecular formula is C17H18FNO3. The van der Waals surface area contributed by atoms with Crippen molar-refractivity contribution in [2.24, 2.45) is 0 Å². The van der Waals surface area contributed by atoms with Crippen LogP contribution < -0.4 is 5.32 Å². The van der Waals surface area contributed by atoms with E-state index in [2.05, 4.69) is 5.32 Å². The highest BCUT2D eigenvalue weighted by molar-refractivity contribution is 5.82. The maximum atomic E-state index is 12.8. The van der Waals surface area contributed by atoms with Gasteiger partial charge in [-0.05, 0) is 23.3 Å². The lowest BCUT2D eigenvalue weighted by molar-refractivity contribution is -0.131. The highest BCUT2D eigenvalue weighted by Crippen LogP contribution is 2.17. The molecule has 0 aliphatic rings. The Kier molecular flexibility index (Phi) is 5.63. The van der Waals surface area contributed by atoms with Gasteiger partial charge < -0.3 is 15.2 Å². The maximum absolute atomic E-state index is 12.8. The van der Waals surface area contributed by atoms with Gasteiger partial charge in [-0.25, -0.2) is 4.39 Å². The van der Waals surface area contributed by atoms with Crippen molar-refractivity contribution >= 4 is 5.91 Å². The van der Waals surface area contributed by atoms with Crippen LogP contribution in [0.25, 0.3) is 0 Å². The average Bonchev–Trinajstić information content (AvgIpc) is 2.55. The Labute approximate surface area is 128 Å². The molecule has 2 unspecified atom stereocenters. The van der Waals surface area contributed by atoms with Crippen LogP contribution in [0.5, 0.6) is 0 Å². The van der Waals surface area contributed by atoms with E-state index in [0.29, 0.717) is 5.56 Å². The average molecular weight is 303 g/mol. The van der Waals surface area contributed by atoms with Gasteiger partial charge in [-0.1, -0.05) is 42.5 Å². The Morgan fingerprint density at radius 2 is 1.77 bits per heavy atom. The minimum atomic E-state index is -0.905. The summed E-state index contributed by atoms with van der Waals surface area (Å²) in [5, 5.41) is 12.6. The number of ether oxygens (including phenoxy) is 1. The molecule has 116 valence electrons. The second kappa shape index (κ2) is 7.68. The Morgan fingerprint density at radius 3 is 2.36 bits per heavy atom. The molecule has 0 bridgehead atoms. The monoisotopic (exact) mass is 303 g/mol. The quantitative estimate of drug-likeness (QED) is 0.861. The maximum Gasteiger partial charge on any atom is 0.253 e. The summed E-state index contributed by atoms with van der Waals surface area (Å²) in [5.74, 6) is -0.710. The van der Waals surface area contributed by atoms with Crippen molar-refractivity contribution in [3.05, 3.63) is 71.5 Å². The summed E-state index contributed by atoms with van der Waals surface area (Å²) in [4.78, 5) is 12.2. The van der Waals surface area contributed by atoms with Crippen LogP contribution in [-0.4, -0.2) is 24.7 Å². The van der Waals surface area contributed by atoms with Crippen molar-refractivity contribution in [2.75, 3.05) is 13.7 Å². The summed E-state index contributed by atoms with van der Waals surface area (Å²) in [5.41, 5.74) is 1.27. The number of aliphatic hydroxyl groups is 1. The van der Waals surface area contributed by atoms with Gasteiger partial charge >= 0.3 is 0 Å². The number of carbonyl (C=O) groups is 1. The standard InChI is InChI=1S/C17H18FNO3/c1-22-16(13-5-3-2-4-6-13)17(21)19-11-15(20)12-7-9-14(18)10-8-12/h2-10,15-16,20H,11H2,1H3,(H,19,21). The Bertz CT molecular complexity index is 601. The van der Waals surface area contributed by atoms with E-state index in [1.54, 1.807) is 12.1 Å². The first kappa shape index (κ1) is 16.1. The number of nitrogens with one attached hydrogen (secondary N) is 1. The first-order chi connectivity index (χ1) is 10.6. The van der Waals surface area contributed by atoms with Crippen molar-refractivity contribution in [1.82, 2.24) is 5.32 Å². The lowest BCUT2D eigenvalue weighted by Crippen LogP contribution is -2.33. The van der Waals surface area contributed by atoms with Crippen LogP contribution in [0.2, 0.25) is 0 Å². The Hall–Kier alpha value is -2.24. The number of hydrogen-bond donors (Lipinski definition) is 2. The number of benzene rings is 2. The van der Waals surface area contributed by atoms with Gasteiger partial charge in [-0.3, -0.25) is 4.79 Å². The van der Waals surface area contributed by atoms with Gasteiger partial charge in [0.15, 0.2) is 6.10 Å². The predicted octanol–water partition coefficient (Wildman–Crippen LogP) is 2.36. The zero-order valence-corrected chi connectivity index (χ0v) is 12.2. The summed E-state index contributed by atoms with van der Waals surface area (Å²) in [6, 6.07) is 14.6. The van der Waals surface area contributed by atoms with Crippen molar-refractivity contribution in [3.63, 3.8) is 0 Å². The zero-order valence-electron chi connectivity index (χ0n) is 12.2. The molecule has 2 aromatic carbocycles. The molecule has 2 N–H and O–H groups in total. The lowest BCUT2D eigenvalue weighted by Gasteiger charge is -2.17. The van der Waals surface area contributed by atoms with Gasteiger partial charge in [0.05, 0.1) is 6.10 Å². The molecule has 2 rings (SSSR count). The number of carbonyl (C=O) groups excluding carboxylic acids is 1. The minimum Gasteiger partial charge on any atom is -0.387 e. The summed E-state index contributed by atoms with van der Waals surface area (Å²) in [6.45, 7) is 0.0250. The van der Waals surface area contributed by atoms with E-state index in [1.807, 2.05) is 18.2 Å². The molecule has 0 aliphatic heterocycles. The van der Waals surface area contributed by atoms with Crippen molar-refractivity contribution in [2.45, 2.75) is 12.2 Å². The van der Waals surface area contributed by atoms with E-state index < -0.39 is 12.2 Å². The van der Waals surface area contributed by atoms with Crippen LogP contribution in [0.15, 0.2) is 54.6 Å². The van der Waals surface area contributed by atoms with E-state index >= 15 is 0 Å². The normalized spacial score (nSPS) is 13.4. The minimum absolute atomic E-state index is 0.0250. The van der Waals surface area contributed by atoms with Gasteiger partial charge in [0.25, 0.3) is 5.91 Å². The third kappa shape index (κ3) is 4.13. The fourth-order valence-corrected chi connectivity index (χ4v) is 2.12. The summed E-state index contributed by atoms with van der Waals surface area (Å²) in [6.07, 6.45) is -1.64. The van der Waals surface area contributed by atoms with Crippen LogP contribution in [0, 0.1) is 5.82 Å². The molecule has 0 aromatic heterocycles. The van der Waals surface area contributed by atoms with E-state index in [-0.39, 0.29) is 18.3 Å². The smallest absolute Gasteiger partial charge is 0.253 e. The van der Waals surface area contributed by atoms with Crippen molar-refractivity contribution < 1.29 is 19.0 Å². The summed E-state index contributed by atoms with van der Waals surface area (Å²) in [7, 11) is 1.45. The second-order valence-corrected chi connectivity index (χ2v) is 4.84. The number of amides is 1. The molecular weight excluding hydrogens is 285 g/mol. The number of hydrogen-bond acceptors (Lipinski definition) is 3. The number of halogens is 1. The third-order valence-corrected chi connectivity index (χ3v) is 3.30. The number of methoxy groups -OCH3 is 1. The molecule has 0 spiro atoms. The summed E-state index contributed by atoms with van der Waals surface area (Å²) < 4.78 is 18.0. The van der Waals surface area contributed by atoms with E-state index in [1.165, 1.54) is 31.4 Å². The number of rotatable bonds is 6. The zero-order chi connectivity index (χ0) is 15.9. The molecule has 2 atom stereocenters. The largest absolute Gasteiger partial charge is 0.387 e. The van der Waals surface area contributed by atoms with Crippen LogP contribution in [0.1, 0.15) is 23.3 Å². The predicted molar refractivity (Wildman–Crippen MR) is 80.6 cm³/mol. The third-order valence-electron chi connectivity index (χ3n) is 3.30. The summed E-state index contributed by atoms with van der Waals surface area (Å²) >= 11 is 0. The molecule has 0 aliphatic carbocycles. The fourth-order valence-electron chi connectivity index (χ4n) is 2.12. The topological polar surface area (TPSA) is 58.6 Å². The first-order valence-electron chi connectivity index (χ1n) is 6.91. The van der Waals surface area contributed by atoms with Crippen LogP contribution in [0.3, 0.4) is 0 Å². The molecule has 0 radical (unpaired) electrons. The molecule has 1 amide bonds. The molecule has 0 saturated carbocycles. The lowest BCUT2D eigenvalue weighted by atomic mass is 10.1. The fraction of sp³-hybridized carbons (Fsp3) is 0.235. The van der Waals surface area contributed by atoms with E-state index in [4.69, 9.17) is 4.74 Å². The van der Waals surface area contributed by atoms with Crippen molar-refractivity contribution in [3.8, 4) is 0 Å². The first-order valence-corrected chi connectivity index (χ1v) is 6.91. The molecule has 22 heavy (non-hydrogen) atoms. The second-order valence-electron chi connectivity index (χ2n) is 4.84. The van der Waals surface area contributed by atoms with Gasteiger partial charge in [0, 0.05) is 13.7 Å². The number of aliphatic hydroxyl groups excluding tert-OH is 1. The van der Waals surface area contributed by atoms with Gasteiger partial charge in [0.2, 0.25) is 0 Å². The van der Waals surface area contributed by atoms with E-state index in [9.17, 15) is 14.3 Å².